The molecule has 21 heavy (non-hydrogen) atoms. The molecule has 0 saturated carbocycles. The van der Waals surface area contributed by atoms with Crippen molar-refractivity contribution in [2.24, 2.45) is 5.92 Å². The fourth-order valence-electron chi connectivity index (χ4n) is 2.83. The second-order valence-electron chi connectivity index (χ2n) is 5.45. The predicted molar refractivity (Wildman–Crippen MR) is 82.7 cm³/mol. The molecule has 1 fully saturated rings. The van der Waals surface area contributed by atoms with Gasteiger partial charge in [-0.05, 0) is 48.7 Å². The molecule has 0 aliphatic carbocycles. The summed E-state index contributed by atoms with van der Waals surface area (Å²) in [5, 5.41) is 20.1. The topological polar surface area (TPSA) is 83.7 Å². The monoisotopic (exact) mass is 356 g/mol. The molecule has 7 heteroatoms. The molecule has 1 aliphatic rings. The van der Waals surface area contributed by atoms with Crippen LogP contribution in [0, 0.1) is 23.0 Å². The zero-order chi connectivity index (χ0) is 15.7. The largest absolute Gasteiger partial charge is 0.481 e. The summed E-state index contributed by atoms with van der Waals surface area (Å²) in [5.41, 5.74) is 1.57. The highest BCUT2D eigenvalue weighted by molar-refractivity contribution is 9.10. The van der Waals surface area contributed by atoms with Gasteiger partial charge in [-0.25, -0.2) is 0 Å². The van der Waals surface area contributed by atoms with Gasteiger partial charge >= 0.3 is 5.97 Å². The first-order valence-corrected chi connectivity index (χ1v) is 7.54. The standard InChI is InChI=1S/C14H17BrN2O4/c1-8-5-13(11(15)7-12(8)17(20)21)16-4-3-10(14(18)19)6-9(16)2/h5,7,9-10H,3-4,6H2,1-2H3,(H,18,19). The molecule has 0 aromatic heterocycles. The maximum atomic E-state index is 11.1. The van der Waals surface area contributed by atoms with Gasteiger partial charge in [0.15, 0.2) is 0 Å². The molecule has 1 aromatic rings. The summed E-state index contributed by atoms with van der Waals surface area (Å²) in [6, 6.07) is 3.39. The van der Waals surface area contributed by atoms with E-state index in [1.807, 2.05) is 6.92 Å². The molecule has 2 atom stereocenters. The number of nitro benzene ring substituents is 1. The van der Waals surface area contributed by atoms with E-state index in [0.717, 1.165) is 5.69 Å². The lowest BCUT2D eigenvalue weighted by atomic mass is 9.91. The van der Waals surface area contributed by atoms with Crippen molar-refractivity contribution in [1.29, 1.82) is 0 Å². The number of piperidine rings is 1. The van der Waals surface area contributed by atoms with Crippen LogP contribution < -0.4 is 4.90 Å². The lowest BCUT2D eigenvalue weighted by molar-refractivity contribution is -0.385. The Kier molecular flexibility index (Phi) is 4.51. The lowest BCUT2D eigenvalue weighted by Gasteiger charge is -2.38. The van der Waals surface area contributed by atoms with Crippen molar-refractivity contribution >= 4 is 33.3 Å². The number of aryl methyl sites for hydroxylation is 1. The van der Waals surface area contributed by atoms with Crippen LogP contribution in [0.2, 0.25) is 0 Å². The zero-order valence-electron chi connectivity index (χ0n) is 11.9. The Labute approximate surface area is 131 Å². The van der Waals surface area contributed by atoms with Crippen LogP contribution in [0.4, 0.5) is 11.4 Å². The van der Waals surface area contributed by atoms with Crippen molar-refractivity contribution in [1.82, 2.24) is 0 Å². The number of aliphatic carboxylic acids is 1. The van der Waals surface area contributed by atoms with Crippen LogP contribution in [0.5, 0.6) is 0 Å². The maximum Gasteiger partial charge on any atom is 0.306 e. The van der Waals surface area contributed by atoms with Crippen molar-refractivity contribution in [3.8, 4) is 0 Å². The average molecular weight is 357 g/mol. The van der Waals surface area contributed by atoms with Gasteiger partial charge in [0.1, 0.15) is 0 Å². The van der Waals surface area contributed by atoms with E-state index >= 15 is 0 Å². The number of anilines is 1. The third kappa shape index (κ3) is 3.18. The van der Waals surface area contributed by atoms with Crippen molar-refractivity contribution in [2.75, 3.05) is 11.4 Å². The van der Waals surface area contributed by atoms with Crippen LogP contribution in [-0.4, -0.2) is 28.6 Å². The number of carboxylic acids is 1. The van der Waals surface area contributed by atoms with Crippen molar-refractivity contribution < 1.29 is 14.8 Å². The van der Waals surface area contributed by atoms with Gasteiger partial charge in [0.25, 0.3) is 5.69 Å². The van der Waals surface area contributed by atoms with Gasteiger partial charge in [-0.15, -0.1) is 0 Å². The quantitative estimate of drug-likeness (QED) is 0.663. The fraction of sp³-hybridized carbons (Fsp3) is 0.500. The van der Waals surface area contributed by atoms with Crippen LogP contribution in [0.25, 0.3) is 0 Å². The first-order valence-electron chi connectivity index (χ1n) is 6.75. The Bertz CT molecular complexity index is 591. The summed E-state index contributed by atoms with van der Waals surface area (Å²) in [7, 11) is 0. The van der Waals surface area contributed by atoms with E-state index in [0.29, 0.717) is 29.4 Å². The van der Waals surface area contributed by atoms with E-state index in [-0.39, 0.29) is 17.6 Å². The minimum Gasteiger partial charge on any atom is -0.481 e. The lowest BCUT2D eigenvalue weighted by Crippen LogP contribution is -2.43. The van der Waals surface area contributed by atoms with Crippen LogP contribution in [0.15, 0.2) is 16.6 Å². The van der Waals surface area contributed by atoms with E-state index in [1.165, 1.54) is 6.07 Å². The average Bonchev–Trinajstić information content (AvgIpc) is 2.40. The second-order valence-corrected chi connectivity index (χ2v) is 6.30. The van der Waals surface area contributed by atoms with E-state index in [4.69, 9.17) is 5.11 Å². The molecule has 0 amide bonds. The molecule has 1 aliphatic heterocycles. The molecule has 1 saturated heterocycles. The third-order valence-electron chi connectivity index (χ3n) is 4.00. The normalized spacial score (nSPS) is 22.1. The highest BCUT2D eigenvalue weighted by Crippen LogP contribution is 2.37. The van der Waals surface area contributed by atoms with Gasteiger partial charge in [-0.2, -0.15) is 0 Å². The maximum absolute atomic E-state index is 11.1. The van der Waals surface area contributed by atoms with Crippen molar-refractivity contribution in [3.63, 3.8) is 0 Å². The molecule has 2 rings (SSSR count). The second kappa shape index (κ2) is 6.01. The smallest absolute Gasteiger partial charge is 0.306 e. The number of halogens is 1. The Morgan fingerprint density at radius 3 is 2.71 bits per heavy atom. The predicted octanol–water partition coefficient (Wildman–Crippen LogP) is 3.36. The molecule has 1 aromatic carbocycles. The molecule has 0 radical (unpaired) electrons. The van der Waals surface area contributed by atoms with Crippen LogP contribution in [0.3, 0.4) is 0 Å². The molecule has 114 valence electrons. The minimum absolute atomic E-state index is 0.0806. The van der Waals surface area contributed by atoms with Gasteiger partial charge in [0.2, 0.25) is 0 Å². The Hall–Kier alpha value is -1.63. The number of nitrogens with zero attached hydrogens (tertiary/aromatic N) is 2. The summed E-state index contributed by atoms with van der Waals surface area (Å²) in [6.45, 7) is 4.33. The van der Waals surface area contributed by atoms with Crippen LogP contribution in [-0.2, 0) is 4.79 Å². The Morgan fingerprint density at radius 1 is 1.52 bits per heavy atom. The summed E-state index contributed by atoms with van der Waals surface area (Å²) < 4.78 is 0.667. The summed E-state index contributed by atoms with van der Waals surface area (Å²) in [5.74, 6) is -1.06. The van der Waals surface area contributed by atoms with E-state index < -0.39 is 10.9 Å². The van der Waals surface area contributed by atoms with Gasteiger partial charge in [0.05, 0.1) is 16.5 Å². The number of hydrogen-bond acceptors (Lipinski definition) is 4. The Morgan fingerprint density at radius 2 is 2.19 bits per heavy atom. The van der Waals surface area contributed by atoms with Gasteiger partial charge < -0.3 is 10.0 Å². The first kappa shape index (κ1) is 15.8. The molecule has 0 spiro atoms. The first-order chi connectivity index (χ1) is 9.81. The number of carboxylic acid groups (broad SMARTS) is 1. The molecule has 1 heterocycles. The van der Waals surface area contributed by atoms with E-state index in [1.54, 1.807) is 13.0 Å². The number of nitro groups is 1. The summed E-state index contributed by atoms with van der Waals surface area (Å²) in [4.78, 5) is 23.7. The molecular weight excluding hydrogens is 340 g/mol. The fourth-order valence-corrected chi connectivity index (χ4v) is 3.39. The summed E-state index contributed by atoms with van der Waals surface area (Å²) in [6.07, 6.45) is 1.17. The van der Waals surface area contributed by atoms with Crippen molar-refractivity contribution in [3.05, 3.63) is 32.3 Å². The number of benzene rings is 1. The number of rotatable bonds is 3. The third-order valence-corrected chi connectivity index (χ3v) is 4.63. The Balaban J connectivity index is 2.29. The number of hydrogen-bond donors (Lipinski definition) is 1. The highest BCUT2D eigenvalue weighted by atomic mass is 79.9. The van der Waals surface area contributed by atoms with Crippen molar-refractivity contribution in [2.45, 2.75) is 32.7 Å². The minimum atomic E-state index is -0.750. The van der Waals surface area contributed by atoms with Gasteiger partial charge in [0, 0.05) is 28.7 Å². The van der Waals surface area contributed by atoms with Gasteiger partial charge in [-0.3, -0.25) is 14.9 Å². The van der Waals surface area contributed by atoms with Crippen LogP contribution in [0.1, 0.15) is 25.3 Å². The molecule has 6 nitrogen and oxygen atoms in total. The zero-order valence-corrected chi connectivity index (χ0v) is 13.5. The molecule has 1 N–H and O–H groups in total. The van der Waals surface area contributed by atoms with E-state index in [9.17, 15) is 14.9 Å². The molecule has 0 bridgehead atoms. The van der Waals surface area contributed by atoms with E-state index in [2.05, 4.69) is 20.8 Å². The summed E-state index contributed by atoms with van der Waals surface area (Å²) >= 11 is 3.39. The molecule has 2 unspecified atom stereocenters. The van der Waals surface area contributed by atoms with Crippen LogP contribution >= 0.6 is 15.9 Å². The molecular formula is C14H17BrN2O4. The SMILES string of the molecule is Cc1cc(N2CCC(C(=O)O)CC2C)c(Br)cc1[N+](=O)[O-]. The highest BCUT2D eigenvalue weighted by Gasteiger charge is 2.31. The van der Waals surface area contributed by atoms with Gasteiger partial charge in [-0.1, -0.05) is 0 Å². The number of carbonyl (C=O) groups is 1.